The number of benzene rings is 2. The van der Waals surface area contributed by atoms with Crippen molar-refractivity contribution in [2.24, 2.45) is 0 Å². The minimum atomic E-state index is -0.801. The van der Waals surface area contributed by atoms with Gasteiger partial charge in [-0.2, -0.15) is 0 Å². The standard InChI is InChI=1S/C22H15BrO6/c1-12-3-8-16-15(11-12)19(24)21(29-22(25)17-9-10-18(23)27-17)20(28-16)13-4-6-14(26-2)7-5-13/h3-11H,1-2H3. The number of furan rings is 1. The summed E-state index contributed by atoms with van der Waals surface area (Å²) in [6.45, 7) is 1.86. The van der Waals surface area contributed by atoms with Gasteiger partial charge in [-0.05, 0) is 71.4 Å². The molecule has 2 aromatic heterocycles. The Hall–Kier alpha value is -3.32. The number of halogens is 1. The molecule has 0 aliphatic rings. The fourth-order valence-corrected chi connectivity index (χ4v) is 3.19. The quantitative estimate of drug-likeness (QED) is 0.386. The summed E-state index contributed by atoms with van der Waals surface area (Å²) in [6.07, 6.45) is 0. The molecule has 0 atom stereocenters. The predicted octanol–water partition coefficient (Wildman–Crippen LogP) is 5.35. The lowest BCUT2D eigenvalue weighted by Crippen LogP contribution is -2.16. The first-order valence-electron chi connectivity index (χ1n) is 8.65. The van der Waals surface area contributed by atoms with Gasteiger partial charge in [0.05, 0.1) is 12.5 Å². The van der Waals surface area contributed by atoms with Gasteiger partial charge in [0.2, 0.25) is 16.9 Å². The van der Waals surface area contributed by atoms with Crippen molar-refractivity contribution < 1.29 is 23.1 Å². The molecule has 0 fully saturated rings. The summed E-state index contributed by atoms with van der Waals surface area (Å²) in [6, 6.07) is 15.2. The molecule has 0 amide bonds. The van der Waals surface area contributed by atoms with Crippen LogP contribution in [-0.2, 0) is 0 Å². The van der Waals surface area contributed by atoms with Gasteiger partial charge in [-0.3, -0.25) is 4.79 Å². The zero-order chi connectivity index (χ0) is 20.5. The summed E-state index contributed by atoms with van der Waals surface area (Å²) >= 11 is 3.14. The van der Waals surface area contributed by atoms with Gasteiger partial charge < -0.3 is 18.3 Å². The lowest BCUT2D eigenvalue weighted by atomic mass is 10.1. The van der Waals surface area contributed by atoms with E-state index in [1.54, 1.807) is 49.6 Å². The molecule has 4 rings (SSSR count). The van der Waals surface area contributed by atoms with Gasteiger partial charge in [-0.15, -0.1) is 0 Å². The van der Waals surface area contributed by atoms with Crippen LogP contribution >= 0.6 is 15.9 Å². The van der Waals surface area contributed by atoms with Gasteiger partial charge in [0, 0.05) is 5.56 Å². The Balaban J connectivity index is 1.89. The summed E-state index contributed by atoms with van der Waals surface area (Å²) in [5, 5.41) is 0.325. The molecule has 4 aromatic rings. The molecular weight excluding hydrogens is 440 g/mol. The highest BCUT2D eigenvalue weighted by atomic mass is 79.9. The summed E-state index contributed by atoms with van der Waals surface area (Å²) < 4.78 is 22.2. The van der Waals surface area contributed by atoms with Crippen LogP contribution in [0, 0.1) is 6.92 Å². The number of ether oxygens (including phenoxy) is 2. The van der Waals surface area contributed by atoms with Gasteiger partial charge in [0.25, 0.3) is 0 Å². The normalized spacial score (nSPS) is 10.9. The minimum absolute atomic E-state index is 0.0405. The maximum atomic E-state index is 13.2. The predicted molar refractivity (Wildman–Crippen MR) is 111 cm³/mol. The Morgan fingerprint density at radius 1 is 1.00 bits per heavy atom. The summed E-state index contributed by atoms with van der Waals surface area (Å²) in [5.74, 6) is -0.253. The van der Waals surface area contributed by atoms with Gasteiger partial charge in [0.15, 0.2) is 10.4 Å². The Morgan fingerprint density at radius 2 is 1.76 bits per heavy atom. The highest BCUT2D eigenvalue weighted by Gasteiger charge is 2.23. The molecule has 0 bridgehead atoms. The molecule has 0 saturated heterocycles. The molecule has 6 nitrogen and oxygen atoms in total. The Bertz CT molecular complexity index is 1270. The molecule has 2 aromatic carbocycles. The monoisotopic (exact) mass is 454 g/mol. The van der Waals surface area contributed by atoms with E-state index >= 15 is 0 Å². The van der Waals surface area contributed by atoms with Crippen molar-refractivity contribution in [2.45, 2.75) is 6.92 Å². The minimum Gasteiger partial charge on any atom is -0.497 e. The third-order valence-corrected chi connectivity index (χ3v) is 4.75. The largest absolute Gasteiger partial charge is 0.497 e. The van der Waals surface area contributed by atoms with Crippen molar-refractivity contribution in [2.75, 3.05) is 7.11 Å². The first kappa shape index (κ1) is 19.0. The number of hydrogen-bond donors (Lipinski definition) is 0. The summed E-state index contributed by atoms with van der Waals surface area (Å²) in [7, 11) is 1.56. The molecule has 0 aliphatic carbocycles. The van der Waals surface area contributed by atoms with E-state index in [-0.39, 0.29) is 17.3 Å². The van der Waals surface area contributed by atoms with Gasteiger partial charge >= 0.3 is 5.97 Å². The maximum Gasteiger partial charge on any atom is 0.379 e. The van der Waals surface area contributed by atoms with E-state index in [0.29, 0.717) is 27.0 Å². The maximum absolute atomic E-state index is 13.2. The van der Waals surface area contributed by atoms with Crippen LogP contribution in [0.2, 0.25) is 0 Å². The molecule has 7 heteroatoms. The Kier molecular flexibility index (Phi) is 4.98. The second-order valence-electron chi connectivity index (χ2n) is 6.31. The second kappa shape index (κ2) is 7.60. The zero-order valence-corrected chi connectivity index (χ0v) is 17.1. The van der Waals surface area contributed by atoms with Crippen molar-refractivity contribution in [3.63, 3.8) is 0 Å². The fourth-order valence-electron chi connectivity index (χ4n) is 2.88. The molecule has 0 unspecified atom stereocenters. The fraction of sp³-hybridized carbons (Fsp3) is 0.0909. The molecular formula is C22H15BrO6. The first-order valence-corrected chi connectivity index (χ1v) is 9.45. The number of fused-ring (bicyclic) bond motifs is 1. The molecule has 2 heterocycles. The summed E-state index contributed by atoms with van der Waals surface area (Å²) in [5.41, 5.74) is 1.40. The van der Waals surface area contributed by atoms with Crippen molar-refractivity contribution >= 4 is 32.9 Å². The molecule has 0 aliphatic heterocycles. The van der Waals surface area contributed by atoms with E-state index in [2.05, 4.69) is 15.9 Å². The van der Waals surface area contributed by atoms with Crippen molar-refractivity contribution in [3.05, 3.63) is 80.8 Å². The topological polar surface area (TPSA) is 78.9 Å². The molecule has 0 N–H and O–H groups in total. The van der Waals surface area contributed by atoms with Crippen LogP contribution in [0.5, 0.6) is 11.5 Å². The Morgan fingerprint density at radius 3 is 2.41 bits per heavy atom. The summed E-state index contributed by atoms with van der Waals surface area (Å²) in [4.78, 5) is 25.7. The van der Waals surface area contributed by atoms with E-state index in [9.17, 15) is 9.59 Å². The van der Waals surface area contributed by atoms with E-state index < -0.39 is 11.4 Å². The van der Waals surface area contributed by atoms with Crippen molar-refractivity contribution in [1.29, 1.82) is 0 Å². The molecule has 0 radical (unpaired) electrons. The SMILES string of the molecule is COc1ccc(-c2oc3ccc(C)cc3c(=O)c2OC(=O)c2ccc(Br)o2)cc1. The van der Waals surface area contributed by atoms with Crippen LogP contribution in [0.1, 0.15) is 16.1 Å². The van der Waals surface area contributed by atoms with Gasteiger partial charge in [-0.25, -0.2) is 4.79 Å². The van der Waals surface area contributed by atoms with Crippen LogP contribution in [0.25, 0.3) is 22.3 Å². The average Bonchev–Trinajstić information content (AvgIpc) is 3.17. The zero-order valence-electron chi connectivity index (χ0n) is 15.5. The molecule has 146 valence electrons. The first-order chi connectivity index (χ1) is 14.0. The highest BCUT2D eigenvalue weighted by Crippen LogP contribution is 2.33. The third kappa shape index (κ3) is 3.69. The van der Waals surface area contributed by atoms with Crippen molar-refractivity contribution in [1.82, 2.24) is 0 Å². The number of esters is 1. The lowest BCUT2D eigenvalue weighted by Gasteiger charge is -2.11. The number of carbonyl (C=O) groups is 1. The molecule has 29 heavy (non-hydrogen) atoms. The number of rotatable bonds is 4. The van der Waals surface area contributed by atoms with Gasteiger partial charge in [-0.1, -0.05) is 11.6 Å². The van der Waals surface area contributed by atoms with Crippen molar-refractivity contribution in [3.8, 4) is 22.8 Å². The third-order valence-electron chi connectivity index (χ3n) is 4.33. The Labute approximate surface area is 173 Å². The number of aryl methyl sites for hydroxylation is 1. The van der Waals surface area contributed by atoms with E-state index in [1.807, 2.05) is 13.0 Å². The van der Waals surface area contributed by atoms with E-state index in [1.165, 1.54) is 6.07 Å². The lowest BCUT2D eigenvalue weighted by molar-refractivity contribution is 0.0696. The average molecular weight is 455 g/mol. The van der Waals surface area contributed by atoms with Crippen LogP contribution in [0.4, 0.5) is 0 Å². The second-order valence-corrected chi connectivity index (χ2v) is 7.09. The van der Waals surface area contributed by atoms with Crippen LogP contribution < -0.4 is 14.9 Å². The number of methoxy groups -OCH3 is 1. The highest BCUT2D eigenvalue weighted by molar-refractivity contribution is 9.10. The number of carbonyl (C=O) groups excluding carboxylic acids is 1. The van der Waals surface area contributed by atoms with E-state index in [0.717, 1.165) is 5.56 Å². The van der Waals surface area contributed by atoms with Gasteiger partial charge in [0.1, 0.15) is 11.3 Å². The number of hydrogen-bond acceptors (Lipinski definition) is 6. The smallest absolute Gasteiger partial charge is 0.379 e. The molecule has 0 spiro atoms. The van der Waals surface area contributed by atoms with E-state index in [4.69, 9.17) is 18.3 Å². The van der Waals surface area contributed by atoms with Crippen LogP contribution in [0.3, 0.4) is 0 Å². The van der Waals surface area contributed by atoms with Crippen LogP contribution in [-0.4, -0.2) is 13.1 Å². The molecule has 0 saturated carbocycles. The van der Waals surface area contributed by atoms with Crippen LogP contribution in [0.15, 0.2) is 72.9 Å².